The molecule has 0 aromatic heterocycles. The molecule has 1 unspecified atom stereocenters. The maximum Gasteiger partial charge on any atom is 0.407 e. The molecule has 0 saturated heterocycles. The van der Waals surface area contributed by atoms with Crippen LogP contribution in [0.1, 0.15) is 51.0 Å². The summed E-state index contributed by atoms with van der Waals surface area (Å²) >= 11 is 0. The lowest BCUT2D eigenvalue weighted by Crippen LogP contribution is -2.33. The van der Waals surface area contributed by atoms with Crippen LogP contribution in [0.2, 0.25) is 0 Å². The number of alkyl carbamates (subject to hydrolysis) is 1. The highest BCUT2D eigenvalue weighted by atomic mass is 16.5. The number of carbonyl (C=O) groups excluding carboxylic acids is 1. The van der Waals surface area contributed by atoms with Crippen molar-refractivity contribution < 1.29 is 9.53 Å². The summed E-state index contributed by atoms with van der Waals surface area (Å²) in [5, 5.41) is 2.78. The number of benzene rings is 1. The first-order valence-electron chi connectivity index (χ1n) is 8.42. The molecule has 0 aliphatic rings. The Morgan fingerprint density at radius 3 is 2.55 bits per heavy atom. The minimum absolute atomic E-state index is 0.165. The van der Waals surface area contributed by atoms with E-state index in [0.29, 0.717) is 13.0 Å². The number of rotatable bonds is 11. The van der Waals surface area contributed by atoms with Gasteiger partial charge in [0.1, 0.15) is 6.61 Å². The second kappa shape index (κ2) is 12.0. The van der Waals surface area contributed by atoms with E-state index in [0.717, 1.165) is 18.4 Å². The lowest BCUT2D eigenvalue weighted by molar-refractivity contribution is 0.139. The fourth-order valence-electron chi connectivity index (χ4n) is 2.31. The van der Waals surface area contributed by atoms with Crippen molar-refractivity contribution in [1.82, 2.24) is 5.32 Å². The van der Waals surface area contributed by atoms with Gasteiger partial charge in [-0.05, 0) is 18.4 Å². The molecule has 124 valence electrons. The molecule has 4 heteroatoms. The van der Waals surface area contributed by atoms with Crippen LogP contribution >= 0.6 is 0 Å². The standard InChI is InChI=1S/C18H30N2O2/c1-2-3-4-5-6-10-13-20-18(21)22-15-17(19)14-16-11-8-7-9-12-16/h7-9,11-12,17H,2-6,10,13-15,19H2,1H3,(H,20,21). The fraction of sp³-hybridized carbons (Fsp3) is 0.611. The Morgan fingerprint density at radius 2 is 1.82 bits per heavy atom. The molecule has 22 heavy (non-hydrogen) atoms. The number of hydrogen-bond donors (Lipinski definition) is 2. The molecule has 1 aromatic rings. The smallest absolute Gasteiger partial charge is 0.407 e. The predicted octanol–water partition coefficient (Wildman–Crippen LogP) is 3.64. The van der Waals surface area contributed by atoms with Gasteiger partial charge in [-0.15, -0.1) is 0 Å². The maximum absolute atomic E-state index is 11.5. The summed E-state index contributed by atoms with van der Waals surface area (Å²) in [6.07, 6.45) is 7.61. The molecule has 3 N–H and O–H groups in total. The van der Waals surface area contributed by atoms with Gasteiger partial charge in [0.15, 0.2) is 0 Å². The molecule has 0 aliphatic heterocycles. The van der Waals surface area contributed by atoms with Crippen LogP contribution in [0, 0.1) is 0 Å². The van der Waals surface area contributed by atoms with Gasteiger partial charge in [0.25, 0.3) is 0 Å². The van der Waals surface area contributed by atoms with Gasteiger partial charge in [-0.1, -0.05) is 69.4 Å². The zero-order chi connectivity index (χ0) is 16.0. The van der Waals surface area contributed by atoms with Crippen molar-refractivity contribution in [3.63, 3.8) is 0 Å². The third kappa shape index (κ3) is 9.40. The number of unbranched alkanes of at least 4 members (excludes halogenated alkanes) is 5. The molecule has 1 rings (SSSR count). The van der Waals surface area contributed by atoms with E-state index in [2.05, 4.69) is 12.2 Å². The van der Waals surface area contributed by atoms with Crippen molar-refractivity contribution in [2.75, 3.05) is 13.2 Å². The van der Waals surface area contributed by atoms with Crippen molar-refractivity contribution in [1.29, 1.82) is 0 Å². The Labute approximate surface area is 134 Å². The number of carbonyl (C=O) groups is 1. The molecule has 1 aromatic carbocycles. The average molecular weight is 306 g/mol. The highest BCUT2D eigenvalue weighted by molar-refractivity contribution is 5.67. The minimum atomic E-state index is -0.364. The third-order valence-electron chi connectivity index (χ3n) is 3.57. The molecule has 0 heterocycles. The zero-order valence-corrected chi connectivity index (χ0v) is 13.7. The van der Waals surface area contributed by atoms with Gasteiger partial charge in [0.2, 0.25) is 0 Å². The van der Waals surface area contributed by atoms with Crippen LogP contribution < -0.4 is 11.1 Å². The Bertz CT molecular complexity index is 395. The molecule has 1 amide bonds. The molecular weight excluding hydrogens is 276 g/mol. The molecule has 0 spiro atoms. The van der Waals surface area contributed by atoms with Crippen molar-refractivity contribution in [2.24, 2.45) is 5.73 Å². The Kier molecular flexibility index (Phi) is 10.1. The number of ether oxygens (including phenoxy) is 1. The van der Waals surface area contributed by atoms with E-state index in [1.807, 2.05) is 30.3 Å². The SMILES string of the molecule is CCCCCCCCNC(=O)OCC(N)Cc1ccccc1. The van der Waals surface area contributed by atoms with E-state index in [9.17, 15) is 4.79 Å². The van der Waals surface area contributed by atoms with Gasteiger partial charge in [-0.25, -0.2) is 4.79 Å². The van der Waals surface area contributed by atoms with Crippen molar-refractivity contribution in [3.05, 3.63) is 35.9 Å². The summed E-state index contributed by atoms with van der Waals surface area (Å²) in [6, 6.07) is 9.83. The highest BCUT2D eigenvalue weighted by Gasteiger charge is 2.08. The maximum atomic E-state index is 11.5. The predicted molar refractivity (Wildman–Crippen MR) is 90.8 cm³/mol. The van der Waals surface area contributed by atoms with Crippen molar-refractivity contribution >= 4 is 6.09 Å². The number of nitrogens with one attached hydrogen (secondary N) is 1. The average Bonchev–Trinajstić information content (AvgIpc) is 2.53. The molecule has 1 atom stereocenters. The van der Waals surface area contributed by atoms with Crippen molar-refractivity contribution in [2.45, 2.75) is 57.9 Å². The van der Waals surface area contributed by atoms with Gasteiger partial charge in [-0.2, -0.15) is 0 Å². The van der Waals surface area contributed by atoms with Crippen LogP contribution in [0.5, 0.6) is 0 Å². The van der Waals surface area contributed by atoms with Gasteiger partial charge in [-0.3, -0.25) is 0 Å². The van der Waals surface area contributed by atoms with Gasteiger partial charge in [0.05, 0.1) is 0 Å². The topological polar surface area (TPSA) is 64.3 Å². The molecule has 4 nitrogen and oxygen atoms in total. The van der Waals surface area contributed by atoms with E-state index in [1.165, 1.54) is 25.7 Å². The fourth-order valence-corrected chi connectivity index (χ4v) is 2.31. The molecular formula is C18H30N2O2. The lowest BCUT2D eigenvalue weighted by atomic mass is 10.1. The van der Waals surface area contributed by atoms with E-state index >= 15 is 0 Å². The quantitative estimate of drug-likeness (QED) is 0.613. The second-order valence-electron chi connectivity index (χ2n) is 5.74. The van der Waals surface area contributed by atoms with Gasteiger partial charge < -0.3 is 15.8 Å². The Hall–Kier alpha value is -1.55. The summed E-state index contributed by atoms with van der Waals surface area (Å²) in [4.78, 5) is 11.5. The van der Waals surface area contributed by atoms with Gasteiger partial charge >= 0.3 is 6.09 Å². The molecule has 0 fully saturated rings. The third-order valence-corrected chi connectivity index (χ3v) is 3.57. The van der Waals surface area contributed by atoms with E-state index < -0.39 is 0 Å². The van der Waals surface area contributed by atoms with Crippen LogP contribution in [-0.4, -0.2) is 25.3 Å². The first-order valence-corrected chi connectivity index (χ1v) is 8.42. The first-order chi connectivity index (χ1) is 10.7. The van der Waals surface area contributed by atoms with E-state index in [1.54, 1.807) is 0 Å². The van der Waals surface area contributed by atoms with Crippen LogP contribution in [0.3, 0.4) is 0 Å². The lowest BCUT2D eigenvalue weighted by Gasteiger charge is -2.13. The summed E-state index contributed by atoms with van der Waals surface area (Å²) in [5.74, 6) is 0. The highest BCUT2D eigenvalue weighted by Crippen LogP contribution is 2.04. The molecule has 0 radical (unpaired) electrons. The van der Waals surface area contributed by atoms with Crippen LogP contribution in [0.15, 0.2) is 30.3 Å². The van der Waals surface area contributed by atoms with Gasteiger partial charge in [0, 0.05) is 12.6 Å². The summed E-state index contributed by atoms with van der Waals surface area (Å²) < 4.78 is 5.15. The summed E-state index contributed by atoms with van der Waals surface area (Å²) in [6.45, 7) is 3.14. The molecule has 0 saturated carbocycles. The monoisotopic (exact) mass is 306 g/mol. The summed E-state index contributed by atoms with van der Waals surface area (Å²) in [5.41, 5.74) is 7.13. The number of amides is 1. The van der Waals surface area contributed by atoms with E-state index in [4.69, 9.17) is 10.5 Å². The number of hydrogen-bond acceptors (Lipinski definition) is 3. The van der Waals surface area contributed by atoms with E-state index in [-0.39, 0.29) is 18.7 Å². The Balaban J connectivity index is 2.00. The van der Waals surface area contributed by atoms with Crippen molar-refractivity contribution in [3.8, 4) is 0 Å². The minimum Gasteiger partial charge on any atom is -0.448 e. The zero-order valence-electron chi connectivity index (χ0n) is 13.7. The largest absolute Gasteiger partial charge is 0.448 e. The molecule has 0 bridgehead atoms. The second-order valence-corrected chi connectivity index (χ2v) is 5.74. The normalized spacial score (nSPS) is 11.9. The molecule has 0 aliphatic carbocycles. The number of nitrogens with two attached hydrogens (primary N) is 1. The Morgan fingerprint density at radius 1 is 1.14 bits per heavy atom. The van der Waals surface area contributed by atoms with Crippen LogP contribution in [0.4, 0.5) is 4.79 Å². The summed E-state index contributed by atoms with van der Waals surface area (Å²) in [7, 11) is 0. The van der Waals surface area contributed by atoms with Crippen LogP contribution in [-0.2, 0) is 11.2 Å². The first kappa shape index (κ1) is 18.5. The van der Waals surface area contributed by atoms with Crippen LogP contribution in [0.25, 0.3) is 0 Å².